The molecule has 3 saturated heterocycles. The van der Waals surface area contributed by atoms with Crippen LogP contribution in [0.1, 0.15) is 17.2 Å². The van der Waals surface area contributed by atoms with E-state index in [1.165, 1.54) is 23.1 Å². The van der Waals surface area contributed by atoms with E-state index in [0.29, 0.717) is 16.5 Å². The van der Waals surface area contributed by atoms with Crippen LogP contribution >= 0.6 is 23.1 Å². The Kier molecular flexibility index (Phi) is 5.34. The van der Waals surface area contributed by atoms with E-state index in [0.717, 1.165) is 4.88 Å². The number of carbonyl (C=O) groups excluding carboxylic acids is 4. The number of hydrogen-bond donors (Lipinski definition) is 2. The van der Waals surface area contributed by atoms with Crippen molar-refractivity contribution in [3.05, 3.63) is 46.7 Å². The molecule has 4 heterocycles. The average Bonchev–Trinajstić information content (AvgIpc) is 3.48. The predicted molar refractivity (Wildman–Crippen MR) is 120 cm³/mol. The smallest absolute Gasteiger partial charge is 0.240 e. The lowest BCUT2D eigenvalue weighted by atomic mass is 9.72. The van der Waals surface area contributed by atoms with Crippen LogP contribution in [0.15, 0.2) is 46.8 Å². The Labute approximate surface area is 191 Å². The van der Waals surface area contributed by atoms with E-state index in [9.17, 15) is 19.2 Å². The Morgan fingerprint density at radius 3 is 2.34 bits per heavy atom. The predicted octanol–water partition coefficient (Wildman–Crippen LogP) is 2.24. The van der Waals surface area contributed by atoms with Crippen molar-refractivity contribution < 1.29 is 23.9 Å². The number of rotatable bonds is 4. The van der Waals surface area contributed by atoms with Gasteiger partial charge in [-0.2, -0.15) is 0 Å². The number of imide groups is 2. The van der Waals surface area contributed by atoms with Crippen LogP contribution in [0.5, 0.6) is 5.75 Å². The zero-order valence-corrected chi connectivity index (χ0v) is 18.6. The van der Waals surface area contributed by atoms with E-state index in [1.54, 1.807) is 31.4 Å². The number of amides is 4. The molecule has 5 rings (SSSR count). The van der Waals surface area contributed by atoms with Gasteiger partial charge in [-0.05, 0) is 35.7 Å². The number of nitrogens with one attached hydrogen (secondary N) is 2. The SMILES string of the molecule is COc1ccc(N=C2S[C@@H]3C(=O)NC(=O)[C@@H]3[C@H](c3cccs3)C2C2CC(=O)NC2=O)cc1. The Hall–Kier alpha value is -2.98. The quantitative estimate of drug-likeness (QED) is 0.664. The minimum Gasteiger partial charge on any atom is -0.497 e. The van der Waals surface area contributed by atoms with Crippen molar-refractivity contribution in [2.45, 2.75) is 17.6 Å². The molecule has 2 unspecified atom stereocenters. The van der Waals surface area contributed by atoms with Crippen LogP contribution in [-0.4, -0.2) is 41.0 Å². The number of ether oxygens (including phenoxy) is 1. The molecule has 8 nitrogen and oxygen atoms in total. The zero-order chi connectivity index (χ0) is 22.4. The zero-order valence-electron chi connectivity index (χ0n) is 16.9. The van der Waals surface area contributed by atoms with Crippen molar-refractivity contribution >= 4 is 57.5 Å². The molecule has 0 bridgehead atoms. The first-order valence-electron chi connectivity index (χ1n) is 10.1. The second-order valence-electron chi connectivity index (χ2n) is 7.86. The molecule has 0 saturated carbocycles. The Morgan fingerprint density at radius 1 is 0.938 bits per heavy atom. The maximum atomic E-state index is 12.8. The molecule has 0 spiro atoms. The van der Waals surface area contributed by atoms with Crippen LogP contribution in [0.3, 0.4) is 0 Å². The maximum Gasteiger partial charge on any atom is 0.240 e. The summed E-state index contributed by atoms with van der Waals surface area (Å²) in [7, 11) is 1.57. The topological polar surface area (TPSA) is 114 Å². The summed E-state index contributed by atoms with van der Waals surface area (Å²) in [6.07, 6.45) is 0.0283. The highest BCUT2D eigenvalue weighted by molar-refractivity contribution is 8.15. The van der Waals surface area contributed by atoms with E-state index in [-0.39, 0.29) is 30.0 Å². The van der Waals surface area contributed by atoms with Crippen LogP contribution in [0.2, 0.25) is 0 Å². The van der Waals surface area contributed by atoms with Crippen LogP contribution in [-0.2, 0) is 19.2 Å². The normalized spacial score (nSPS) is 30.9. The minimum absolute atomic E-state index is 0.0283. The summed E-state index contributed by atoms with van der Waals surface area (Å²) < 4.78 is 5.20. The lowest BCUT2D eigenvalue weighted by molar-refractivity contribution is -0.128. The molecule has 5 atom stereocenters. The number of aliphatic imine (C=N–C) groups is 1. The molecule has 2 aromatic rings. The van der Waals surface area contributed by atoms with Crippen LogP contribution in [0.25, 0.3) is 0 Å². The van der Waals surface area contributed by atoms with Gasteiger partial charge in [-0.3, -0.25) is 29.8 Å². The Bertz CT molecular complexity index is 1130. The summed E-state index contributed by atoms with van der Waals surface area (Å²) >= 11 is 2.69. The molecule has 0 radical (unpaired) electrons. The molecule has 3 aliphatic rings. The second kappa shape index (κ2) is 8.18. The van der Waals surface area contributed by atoms with Gasteiger partial charge in [0.25, 0.3) is 0 Å². The van der Waals surface area contributed by atoms with E-state index in [1.807, 2.05) is 17.5 Å². The van der Waals surface area contributed by atoms with Gasteiger partial charge in [-0.25, -0.2) is 4.99 Å². The van der Waals surface area contributed by atoms with E-state index in [2.05, 4.69) is 10.6 Å². The molecule has 0 aliphatic carbocycles. The third-order valence-electron chi connectivity index (χ3n) is 6.06. The highest BCUT2D eigenvalue weighted by atomic mass is 32.2. The first kappa shape index (κ1) is 20.9. The van der Waals surface area contributed by atoms with Crippen molar-refractivity contribution in [2.75, 3.05) is 7.11 Å². The lowest BCUT2D eigenvalue weighted by Crippen LogP contribution is -2.44. The van der Waals surface area contributed by atoms with Crippen LogP contribution in [0.4, 0.5) is 5.69 Å². The maximum absolute atomic E-state index is 12.8. The number of carbonyl (C=O) groups is 4. The first-order valence-corrected chi connectivity index (χ1v) is 11.8. The molecule has 1 aromatic carbocycles. The number of thiophene rings is 1. The lowest BCUT2D eigenvalue weighted by Gasteiger charge is -2.39. The van der Waals surface area contributed by atoms with Gasteiger partial charge in [0, 0.05) is 23.1 Å². The summed E-state index contributed by atoms with van der Waals surface area (Å²) in [4.78, 5) is 55.9. The Balaban J connectivity index is 1.65. The van der Waals surface area contributed by atoms with Gasteiger partial charge in [-0.1, -0.05) is 17.8 Å². The number of benzene rings is 1. The molecule has 3 fully saturated rings. The van der Waals surface area contributed by atoms with Gasteiger partial charge in [0.05, 0.1) is 29.7 Å². The van der Waals surface area contributed by atoms with Crippen LogP contribution < -0.4 is 15.4 Å². The standard InChI is InChI=1S/C22H19N3O5S2/c1-30-11-6-4-10(5-7-11)23-22-15(12-9-14(26)24-19(12)27)16(13-3-2-8-31-13)17-18(32-22)21(29)25-20(17)28/h2-8,12,15-18H,9H2,1H3,(H,24,26,27)(H,25,28,29)/t12?,15?,16-,17-,18+/m1/s1. The van der Waals surface area contributed by atoms with Crippen molar-refractivity contribution in [3.8, 4) is 5.75 Å². The van der Waals surface area contributed by atoms with Crippen molar-refractivity contribution in [2.24, 2.45) is 22.7 Å². The number of fused-ring (bicyclic) bond motifs is 1. The molecular weight excluding hydrogens is 450 g/mol. The van der Waals surface area contributed by atoms with Crippen molar-refractivity contribution in [1.82, 2.24) is 10.6 Å². The number of methoxy groups -OCH3 is 1. The molecular formula is C22H19N3O5S2. The summed E-state index contributed by atoms with van der Waals surface area (Å²) in [5, 5.41) is 6.68. The van der Waals surface area contributed by atoms with Gasteiger partial charge in [0.2, 0.25) is 23.6 Å². The molecule has 3 aliphatic heterocycles. The molecule has 1 aromatic heterocycles. The van der Waals surface area contributed by atoms with Crippen molar-refractivity contribution in [1.29, 1.82) is 0 Å². The van der Waals surface area contributed by atoms with Crippen molar-refractivity contribution in [3.63, 3.8) is 0 Å². The second-order valence-corrected chi connectivity index (χ2v) is 10.00. The molecule has 2 N–H and O–H groups in total. The fourth-order valence-corrected chi connectivity index (χ4v) is 7.06. The number of hydrogen-bond acceptors (Lipinski definition) is 8. The van der Waals surface area contributed by atoms with Gasteiger partial charge in [-0.15, -0.1) is 11.3 Å². The summed E-state index contributed by atoms with van der Waals surface area (Å²) in [5.41, 5.74) is 0.635. The molecule has 164 valence electrons. The average molecular weight is 470 g/mol. The highest BCUT2D eigenvalue weighted by Gasteiger charge is 2.58. The monoisotopic (exact) mass is 469 g/mol. The third kappa shape index (κ3) is 3.53. The summed E-state index contributed by atoms with van der Waals surface area (Å²) in [6, 6.07) is 10.9. The van der Waals surface area contributed by atoms with E-state index < -0.39 is 28.9 Å². The third-order valence-corrected chi connectivity index (χ3v) is 8.40. The summed E-state index contributed by atoms with van der Waals surface area (Å²) in [5.74, 6) is -2.96. The van der Waals surface area contributed by atoms with Gasteiger partial charge in [0.15, 0.2) is 0 Å². The largest absolute Gasteiger partial charge is 0.497 e. The van der Waals surface area contributed by atoms with Gasteiger partial charge >= 0.3 is 0 Å². The van der Waals surface area contributed by atoms with Crippen LogP contribution in [0, 0.1) is 17.8 Å². The molecule has 4 amide bonds. The number of nitrogens with zero attached hydrogens (tertiary/aromatic N) is 1. The van der Waals surface area contributed by atoms with E-state index >= 15 is 0 Å². The highest BCUT2D eigenvalue weighted by Crippen LogP contribution is 2.53. The van der Waals surface area contributed by atoms with Gasteiger partial charge in [0.1, 0.15) is 11.0 Å². The fraction of sp³-hybridized carbons (Fsp3) is 0.318. The Morgan fingerprint density at radius 2 is 1.72 bits per heavy atom. The van der Waals surface area contributed by atoms with Gasteiger partial charge < -0.3 is 4.74 Å². The fourth-order valence-electron chi connectivity index (χ4n) is 4.65. The molecule has 32 heavy (non-hydrogen) atoms. The van der Waals surface area contributed by atoms with E-state index in [4.69, 9.17) is 9.73 Å². The molecule has 10 heteroatoms. The first-order chi connectivity index (χ1) is 15.5. The minimum atomic E-state index is -0.663. The summed E-state index contributed by atoms with van der Waals surface area (Å²) in [6.45, 7) is 0. The number of thioether (sulfide) groups is 1.